The molecule has 2 rings (SSSR count). The van der Waals surface area contributed by atoms with Gasteiger partial charge in [0, 0.05) is 23.4 Å². The minimum Gasteiger partial charge on any atom is -0.268 e. The van der Waals surface area contributed by atoms with Gasteiger partial charge < -0.3 is 0 Å². The SMILES string of the molecule is CCc1nn(CC)c(CC(CCl)c2ccc(Cl)cc2)c1Br. The summed E-state index contributed by atoms with van der Waals surface area (Å²) in [6.07, 6.45) is 1.79. The Morgan fingerprint density at radius 3 is 2.43 bits per heavy atom. The quantitative estimate of drug-likeness (QED) is 0.601. The van der Waals surface area contributed by atoms with Crippen molar-refractivity contribution in [2.45, 2.75) is 39.2 Å². The van der Waals surface area contributed by atoms with Crippen LogP contribution in [0.5, 0.6) is 0 Å². The lowest BCUT2D eigenvalue weighted by molar-refractivity contribution is 0.592. The van der Waals surface area contributed by atoms with Crippen LogP contribution in [0, 0.1) is 0 Å². The Morgan fingerprint density at radius 2 is 1.90 bits per heavy atom. The molecule has 0 bridgehead atoms. The lowest BCUT2D eigenvalue weighted by atomic mass is 9.96. The van der Waals surface area contributed by atoms with E-state index in [1.165, 1.54) is 11.3 Å². The van der Waals surface area contributed by atoms with Crippen LogP contribution in [0.25, 0.3) is 0 Å². The molecule has 114 valence electrons. The van der Waals surface area contributed by atoms with E-state index in [4.69, 9.17) is 23.2 Å². The summed E-state index contributed by atoms with van der Waals surface area (Å²) in [6.45, 7) is 5.10. The number of aromatic nitrogens is 2. The fourth-order valence-electron chi connectivity index (χ4n) is 2.44. The molecule has 1 aromatic carbocycles. The predicted octanol–water partition coefficient (Wildman–Crippen LogP) is 5.45. The molecule has 0 spiro atoms. The van der Waals surface area contributed by atoms with Crippen LogP contribution in [0.1, 0.15) is 36.7 Å². The van der Waals surface area contributed by atoms with Gasteiger partial charge in [-0.25, -0.2) is 0 Å². The third kappa shape index (κ3) is 3.82. The molecule has 0 N–H and O–H groups in total. The molecule has 0 aliphatic heterocycles. The number of hydrogen-bond donors (Lipinski definition) is 0. The Hall–Kier alpha value is -0.510. The normalized spacial score (nSPS) is 12.6. The van der Waals surface area contributed by atoms with Gasteiger partial charge in [0.15, 0.2) is 0 Å². The second kappa shape index (κ2) is 7.66. The number of nitrogens with zero attached hydrogens (tertiary/aromatic N) is 2. The summed E-state index contributed by atoms with van der Waals surface area (Å²) >= 11 is 15.9. The van der Waals surface area contributed by atoms with Crippen LogP contribution in [0.3, 0.4) is 0 Å². The van der Waals surface area contributed by atoms with Crippen LogP contribution < -0.4 is 0 Å². The first-order chi connectivity index (χ1) is 10.1. The van der Waals surface area contributed by atoms with Crippen LogP contribution in [0.15, 0.2) is 28.7 Å². The Kier molecular flexibility index (Phi) is 6.15. The summed E-state index contributed by atoms with van der Waals surface area (Å²) in [5.74, 6) is 0.830. The van der Waals surface area contributed by atoms with Crippen LogP contribution in [0.2, 0.25) is 5.02 Å². The molecule has 0 radical (unpaired) electrons. The fourth-order valence-corrected chi connectivity index (χ4v) is 3.58. The molecule has 5 heteroatoms. The third-order valence-corrected chi connectivity index (χ3v) is 5.20. The van der Waals surface area contributed by atoms with Crippen molar-refractivity contribution in [3.8, 4) is 0 Å². The number of benzene rings is 1. The van der Waals surface area contributed by atoms with E-state index in [2.05, 4.69) is 51.7 Å². The molecule has 0 saturated heterocycles. The smallest absolute Gasteiger partial charge is 0.0766 e. The third-order valence-electron chi connectivity index (χ3n) is 3.66. The second-order valence-electron chi connectivity index (χ2n) is 4.98. The van der Waals surface area contributed by atoms with E-state index >= 15 is 0 Å². The van der Waals surface area contributed by atoms with E-state index in [9.17, 15) is 0 Å². The molecular formula is C16H19BrCl2N2. The van der Waals surface area contributed by atoms with Crippen molar-refractivity contribution in [3.63, 3.8) is 0 Å². The molecule has 1 aromatic heterocycles. The first-order valence-corrected chi connectivity index (χ1v) is 8.86. The molecular weight excluding hydrogens is 371 g/mol. The summed E-state index contributed by atoms with van der Waals surface area (Å²) in [6, 6.07) is 7.94. The van der Waals surface area contributed by atoms with E-state index in [0.717, 1.165) is 34.6 Å². The maximum Gasteiger partial charge on any atom is 0.0766 e. The average molecular weight is 390 g/mol. The van der Waals surface area contributed by atoms with Gasteiger partial charge in [0.2, 0.25) is 0 Å². The van der Waals surface area contributed by atoms with E-state index in [1.807, 2.05) is 12.1 Å². The van der Waals surface area contributed by atoms with Crippen LogP contribution >= 0.6 is 39.1 Å². The van der Waals surface area contributed by atoms with E-state index in [0.29, 0.717) is 5.88 Å². The molecule has 2 nitrogen and oxygen atoms in total. The highest BCUT2D eigenvalue weighted by atomic mass is 79.9. The topological polar surface area (TPSA) is 17.8 Å². The molecule has 21 heavy (non-hydrogen) atoms. The van der Waals surface area contributed by atoms with E-state index in [1.54, 1.807) is 0 Å². The van der Waals surface area contributed by atoms with E-state index < -0.39 is 0 Å². The largest absolute Gasteiger partial charge is 0.268 e. The highest BCUT2D eigenvalue weighted by Gasteiger charge is 2.19. The van der Waals surface area contributed by atoms with Gasteiger partial charge in [0.25, 0.3) is 0 Å². The standard InChI is InChI=1S/C16H19BrCl2N2/c1-3-14-16(17)15(21(4-2)20-14)9-12(10-18)11-5-7-13(19)8-6-11/h5-8,12H,3-4,9-10H2,1-2H3. The minimum absolute atomic E-state index is 0.256. The maximum absolute atomic E-state index is 6.20. The van der Waals surface area contributed by atoms with Crippen molar-refractivity contribution in [2.24, 2.45) is 0 Å². The van der Waals surface area contributed by atoms with Gasteiger partial charge in [-0.3, -0.25) is 4.68 Å². The molecule has 0 aliphatic rings. The summed E-state index contributed by atoms with van der Waals surface area (Å²) in [7, 11) is 0. The van der Waals surface area contributed by atoms with Gasteiger partial charge in [-0.2, -0.15) is 5.10 Å². The molecule has 2 aromatic rings. The zero-order chi connectivity index (χ0) is 15.4. The number of aryl methyl sites for hydroxylation is 2. The van der Waals surface area contributed by atoms with Crippen molar-refractivity contribution >= 4 is 39.1 Å². The number of rotatable bonds is 6. The molecule has 0 saturated carbocycles. The summed E-state index contributed by atoms with van der Waals surface area (Å²) in [5, 5.41) is 5.40. The van der Waals surface area contributed by atoms with Crippen molar-refractivity contribution < 1.29 is 0 Å². The number of alkyl halides is 1. The predicted molar refractivity (Wildman–Crippen MR) is 93.6 cm³/mol. The van der Waals surface area contributed by atoms with Crippen molar-refractivity contribution in [1.82, 2.24) is 9.78 Å². The molecule has 1 atom stereocenters. The first kappa shape index (κ1) is 16.9. The molecule has 0 aliphatic carbocycles. The minimum atomic E-state index is 0.256. The molecule has 0 fully saturated rings. The Labute approximate surface area is 144 Å². The highest BCUT2D eigenvalue weighted by molar-refractivity contribution is 9.10. The van der Waals surface area contributed by atoms with Crippen molar-refractivity contribution in [2.75, 3.05) is 5.88 Å². The van der Waals surface area contributed by atoms with Gasteiger partial charge in [0.1, 0.15) is 0 Å². The maximum atomic E-state index is 6.20. The van der Waals surface area contributed by atoms with Crippen LogP contribution in [0.4, 0.5) is 0 Å². The van der Waals surface area contributed by atoms with Gasteiger partial charge in [-0.15, -0.1) is 11.6 Å². The number of hydrogen-bond acceptors (Lipinski definition) is 1. The lowest BCUT2D eigenvalue weighted by Gasteiger charge is -2.16. The molecule has 0 amide bonds. The van der Waals surface area contributed by atoms with Gasteiger partial charge in [-0.05, 0) is 53.4 Å². The van der Waals surface area contributed by atoms with Crippen LogP contribution in [-0.2, 0) is 19.4 Å². The van der Waals surface area contributed by atoms with Crippen LogP contribution in [-0.4, -0.2) is 15.7 Å². The zero-order valence-corrected chi connectivity index (χ0v) is 15.3. The fraction of sp³-hybridized carbons (Fsp3) is 0.438. The summed E-state index contributed by atoms with van der Waals surface area (Å²) in [5.41, 5.74) is 3.54. The number of halogens is 3. The van der Waals surface area contributed by atoms with Gasteiger partial charge in [0.05, 0.1) is 15.9 Å². The zero-order valence-electron chi connectivity index (χ0n) is 12.2. The van der Waals surface area contributed by atoms with Crippen molar-refractivity contribution in [3.05, 3.63) is 50.7 Å². The lowest BCUT2D eigenvalue weighted by Crippen LogP contribution is -2.10. The summed E-state index contributed by atoms with van der Waals surface area (Å²) in [4.78, 5) is 0. The van der Waals surface area contributed by atoms with Gasteiger partial charge in [-0.1, -0.05) is 30.7 Å². The van der Waals surface area contributed by atoms with Crippen molar-refractivity contribution in [1.29, 1.82) is 0 Å². The van der Waals surface area contributed by atoms with Gasteiger partial charge >= 0.3 is 0 Å². The highest BCUT2D eigenvalue weighted by Crippen LogP contribution is 2.29. The monoisotopic (exact) mass is 388 g/mol. The Balaban J connectivity index is 2.30. The Bertz CT molecular complexity index is 593. The summed E-state index contributed by atoms with van der Waals surface area (Å²) < 4.78 is 3.19. The first-order valence-electron chi connectivity index (χ1n) is 7.16. The molecule has 1 heterocycles. The average Bonchev–Trinajstić information content (AvgIpc) is 2.81. The second-order valence-corrected chi connectivity index (χ2v) is 6.52. The molecule has 1 unspecified atom stereocenters. The van der Waals surface area contributed by atoms with E-state index in [-0.39, 0.29) is 5.92 Å². The Morgan fingerprint density at radius 1 is 1.24 bits per heavy atom.